The van der Waals surface area contributed by atoms with Crippen molar-refractivity contribution in [3.05, 3.63) is 23.9 Å². The molecule has 0 aliphatic carbocycles. The number of hydrogen-bond donors (Lipinski definition) is 2. The van der Waals surface area contributed by atoms with E-state index >= 15 is 0 Å². The van der Waals surface area contributed by atoms with E-state index in [0.717, 1.165) is 32.0 Å². The molecule has 5 heteroatoms. The minimum Gasteiger partial charge on any atom is -0.373 e. The van der Waals surface area contributed by atoms with Crippen molar-refractivity contribution in [1.82, 2.24) is 15.2 Å². The summed E-state index contributed by atoms with van der Waals surface area (Å²) < 4.78 is 0. The van der Waals surface area contributed by atoms with E-state index in [2.05, 4.69) is 20.5 Å². The molecule has 2 N–H and O–H groups in total. The first-order valence-electron chi connectivity index (χ1n) is 5.89. The lowest BCUT2D eigenvalue weighted by atomic mass is 10.2. The van der Waals surface area contributed by atoms with E-state index in [0.29, 0.717) is 6.42 Å². The lowest BCUT2D eigenvalue weighted by Crippen LogP contribution is -2.28. The van der Waals surface area contributed by atoms with Crippen LogP contribution in [0, 0.1) is 0 Å². The van der Waals surface area contributed by atoms with E-state index in [4.69, 9.17) is 0 Å². The highest BCUT2D eigenvalue weighted by molar-refractivity contribution is 5.76. The largest absolute Gasteiger partial charge is 0.373 e. The minimum atomic E-state index is 0.151. The predicted molar refractivity (Wildman–Crippen MR) is 66.7 cm³/mol. The van der Waals surface area contributed by atoms with Gasteiger partial charge in [-0.3, -0.25) is 9.69 Å². The van der Waals surface area contributed by atoms with Gasteiger partial charge in [0, 0.05) is 45.8 Å². The van der Waals surface area contributed by atoms with Crippen LogP contribution in [-0.4, -0.2) is 42.5 Å². The van der Waals surface area contributed by atoms with Crippen molar-refractivity contribution in [1.29, 1.82) is 0 Å². The smallest absolute Gasteiger partial charge is 0.221 e. The molecule has 1 fully saturated rings. The average molecular weight is 234 g/mol. The summed E-state index contributed by atoms with van der Waals surface area (Å²) in [7, 11) is 1.86. The number of anilines is 1. The Morgan fingerprint density at radius 1 is 1.53 bits per heavy atom. The van der Waals surface area contributed by atoms with Gasteiger partial charge in [0.1, 0.15) is 5.82 Å². The summed E-state index contributed by atoms with van der Waals surface area (Å²) >= 11 is 0. The molecule has 0 spiro atoms. The van der Waals surface area contributed by atoms with Gasteiger partial charge in [0.15, 0.2) is 0 Å². The van der Waals surface area contributed by atoms with Gasteiger partial charge in [-0.1, -0.05) is 0 Å². The van der Waals surface area contributed by atoms with E-state index < -0.39 is 0 Å². The van der Waals surface area contributed by atoms with Crippen molar-refractivity contribution >= 4 is 11.7 Å². The number of rotatable bonds is 3. The summed E-state index contributed by atoms with van der Waals surface area (Å²) in [6.45, 7) is 3.33. The van der Waals surface area contributed by atoms with Crippen LogP contribution in [-0.2, 0) is 11.3 Å². The van der Waals surface area contributed by atoms with Gasteiger partial charge in [-0.2, -0.15) is 0 Å². The molecule has 0 unspecified atom stereocenters. The maximum atomic E-state index is 11.2. The highest BCUT2D eigenvalue weighted by Gasteiger charge is 2.13. The number of amides is 1. The van der Waals surface area contributed by atoms with Gasteiger partial charge in [0.25, 0.3) is 0 Å². The van der Waals surface area contributed by atoms with E-state index in [1.54, 1.807) is 0 Å². The molecular formula is C12H18N4O. The number of carbonyl (C=O) groups excluding carboxylic acids is 1. The zero-order valence-electron chi connectivity index (χ0n) is 10.1. The lowest BCUT2D eigenvalue weighted by molar-refractivity contribution is -0.120. The molecule has 1 aromatic rings. The summed E-state index contributed by atoms with van der Waals surface area (Å²) in [5.74, 6) is 1.03. The number of pyridine rings is 1. The first kappa shape index (κ1) is 11.9. The molecule has 92 valence electrons. The van der Waals surface area contributed by atoms with Crippen LogP contribution in [0.2, 0.25) is 0 Å². The van der Waals surface area contributed by atoms with E-state index in [1.165, 1.54) is 5.56 Å². The predicted octanol–water partition coefficient (Wildman–Crippen LogP) is 0.445. The van der Waals surface area contributed by atoms with Crippen molar-refractivity contribution in [3.8, 4) is 0 Å². The number of hydrogen-bond acceptors (Lipinski definition) is 4. The summed E-state index contributed by atoms with van der Waals surface area (Å²) in [4.78, 5) is 17.7. The molecule has 1 amide bonds. The Bertz CT molecular complexity index is 394. The Labute approximate surface area is 101 Å². The molecule has 1 aliphatic heterocycles. The van der Waals surface area contributed by atoms with Gasteiger partial charge in [-0.05, 0) is 17.7 Å². The van der Waals surface area contributed by atoms with Crippen LogP contribution in [0.4, 0.5) is 5.82 Å². The Hall–Kier alpha value is -1.62. The normalized spacial score (nSPS) is 17.4. The van der Waals surface area contributed by atoms with Gasteiger partial charge in [-0.15, -0.1) is 0 Å². The van der Waals surface area contributed by atoms with Crippen molar-refractivity contribution in [2.45, 2.75) is 13.0 Å². The number of carbonyl (C=O) groups is 1. The van der Waals surface area contributed by atoms with Crippen molar-refractivity contribution in [2.75, 3.05) is 32.0 Å². The highest BCUT2D eigenvalue weighted by atomic mass is 16.1. The molecular weight excluding hydrogens is 216 g/mol. The molecule has 1 aromatic heterocycles. The maximum Gasteiger partial charge on any atom is 0.221 e. The molecule has 5 nitrogen and oxygen atoms in total. The Kier molecular flexibility index (Phi) is 3.93. The summed E-state index contributed by atoms with van der Waals surface area (Å²) in [5.41, 5.74) is 1.22. The number of aromatic nitrogens is 1. The summed E-state index contributed by atoms with van der Waals surface area (Å²) in [6, 6.07) is 4.06. The number of nitrogens with one attached hydrogen (secondary N) is 2. The molecule has 0 radical (unpaired) electrons. The Morgan fingerprint density at radius 2 is 2.41 bits per heavy atom. The number of nitrogens with zero attached hydrogens (tertiary/aromatic N) is 2. The zero-order valence-corrected chi connectivity index (χ0v) is 10.1. The van der Waals surface area contributed by atoms with E-state index in [-0.39, 0.29) is 5.91 Å². The van der Waals surface area contributed by atoms with Crippen LogP contribution >= 0.6 is 0 Å². The molecule has 2 heterocycles. The molecule has 0 bridgehead atoms. The second-order valence-corrected chi connectivity index (χ2v) is 4.18. The summed E-state index contributed by atoms with van der Waals surface area (Å²) in [5, 5.41) is 5.91. The molecule has 0 saturated carbocycles. The first-order valence-corrected chi connectivity index (χ1v) is 5.89. The van der Waals surface area contributed by atoms with Gasteiger partial charge in [-0.25, -0.2) is 4.98 Å². The minimum absolute atomic E-state index is 0.151. The highest BCUT2D eigenvalue weighted by Crippen LogP contribution is 2.10. The molecule has 0 atom stereocenters. The maximum absolute atomic E-state index is 11.2. The van der Waals surface area contributed by atoms with E-state index in [9.17, 15) is 4.79 Å². The third-order valence-electron chi connectivity index (χ3n) is 2.89. The average Bonchev–Trinajstić information content (AvgIpc) is 2.55. The van der Waals surface area contributed by atoms with Gasteiger partial charge in [0.05, 0.1) is 0 Å². The second kappa shape index (κ2) is 5.63. The van der Waals surface area contributed by atoms with Crippen LogP contribution in [0.25, 0.3) is 0 Å². The van der Waals surface area contributed by atoms with Crippen LogP contribution in [0.5, 0.6) is 0 Å². The van der Waals surface area contributed by atoms with Crippen LogP contribution in [0.15, 0.2) is 18.3 Å². The topological polar surface area (TPSA) is 57.3 Å². The Morgan fingerprint density at radius 3 is 3.24 bits per heavy atom. The molecule has 17 heavy (non-hydrogen) atoms. The lowest BCUT2D eigenvalue weighted by Gasteiger charge is -2.19. The van der Waals surface area contributed by atoms with Crippen LogP contribution < -0.4 is 10.6 Å². The van der Waals surface area contributed by atoms with E-state index in [1.807, 2.05) is 25.4 Å². The monoisotopic (exact) mass is 234 g/mol. The van der Waals surface area contributed by atoms with Gasteiger partial charge < -0.3 is 10.6 Å². The zero-order chi connectivity index (χ0) is 12.1. The second-order valence-electron chi connectivity index (χ2n) is 4.18. The Balaban J connectivity index is 1.97. The van der Waals surface area contributed by atoms with Crippen LogP contribution in [0.3, 0.4) is 0 Å². The SMILES string of the molecule is CNc1cc(CN2CCNC(=O)CC2)ccn1. The fraction of sp³-hybridized carbons (Fsp3) is 0.500. The third-order valence-corrected chi connectivity index (χ3v) is 2.89. The summed E-state index contributed by atoms with van der Waals surface area (Å²) in [6.07, 6.45) is 2.40. The molecule has 1 saturated heterocycles. The molecule has 2 rings (SSSR count). The van der Waals surface area contributed by atoms with Crippen molar-refractivity contribution < 1.29 is 4.79 Å². The van der Waals surface area contributed by atoms with Gasteiger partial charge >= 0.3 is 0 Å². The van der Waals surface area contributed by atoms with Crippen molar-refractivity contribution in [3.63, 3.8) is 0 Å². The fourth-order valence-electron chi connectivity index (χ4n) is 1.94. The van der Waals surface area contributed by atoms with Crippen LogP contribution in [0.1, 0.15) is 12.0 Å². The van der Waals surface area contributed by atoms with Gasteiger partial charge in [0.2, 0.25) is 5.91 Å². The first-order chi connectivity index (χ1) is 8.28. The molecule has 0 aromatic carbocycles. The van der Waals surface area contributed by atoms with Crippen molar-refractivity contribution in [2.24, 2.45) is 0 Å². The quantitative estimate of drug-likeness (QED) is 0.797. The third kappa shape index (κ3) is 3.42. The standard InChI is InChI=1S/C12H18N4O/c1-13-11-8-10(2-4-14-11)9-16-6-3-12(17)15-5-7-16/h2,4,8H,3,5-7,9H2,1H3,(H,13,14)(H,15,17). The molecule has 1 aliphatic rings. The fourth-order valence-corrected chi connectivity index (χ4v) is 1.94.